The van der Waals surface area contributed by atoms with E-state index in [9.17, 15) is 23.5 Å². The van der Waals surface area contributed by atoms with E-state index in [0.29, 0.717) is 16.0 Å². The minimum Gasteiger partial charge on any atom is -0.480 e. The number of halogens is 2. The third kappa shape index (κ3) is 2.47. The minimum atomic E-state index is -2.88. The molecule has 0 spiro atoms. The van der Waals surface area contributed by atoms with Crippen molar-refractivity contribution >= 4 is 11.9 Å². The zero-order chi connectivity index (χ0) is 16.7. The van der Waals surface area contributed by atoms with Crippen molar-refractivity contribution in [3.8, 4) is 0 Å². The number of aromatic nitrogens is 3. The summed E-state index contributed by atoms with van der Waals surface area (Å²) >= 11 is 0. The molecule has 7 nitrogen and oxygen atoms in total. The number of aryl methyl sites for hydroxylation is 1. The van der Waals surface area contributed by atoms with Gasteiger partial charge < -0.3 is 15.0 Å². The maximum Gasteiger partial charge on any atom is 0.326 e. The van der Waals surface area contributed by atoms with Gasteiger partial charge in [-0.1, -0.05) is 0 Å². The van der Waals surface area contributed by atoms with E-state index in [1.165, 1.54) is 25.4 Å². The summed E-state index contributed by atoms with van der Waals surface area (Å²) in [5.74, 6) is -1.94. The summed E-state index contributed by atoms with van der Waals surface area (Å²) in [6, 6.07) is 1.55. The van der Waals surface area contributed by atoms with Crippen LogP contribution in [0.3, 0.4) is 0 Å². The molecule has 9 heteroatoms. The summed E-state index contributed by atoms with van der Waals surface area (Å²) in [6.45, 7) is -1.43. The molecule has 23 heavy (non-hydrogen) atoms. The summed E-state index contributed by atoms with van der Waals surface area (Å²) in [5, 5.41) is 9.36. The van der Waals surface area contributed by atoms with Crippen LogP contribution < -0.4 is 0 Å². The number of hydrogen-bond acceptors (Lipinski definition) is 3. The molecule has 0 radical (unpaired) electrons. The number of aromatic amines is 1. The van der Waals surface area contributed by atoms with Crippen molar-refractivity contribution in [2.45, 2.75) is 32.5 Å². The minimum absolute atomic E-state index is 0.0153. The van der Waals surface area contributed by atoms with Gasteiger partial charge >= 0.3 is 12.5 Å². The molecule has 0 saturated carbocycles. The van der Waals surface area contributed by atoms with Gasteiger partial charge in [0.1, 0.15) is 11.7 Å². The highest BCUT2D eigenvalue weighted by Crippen LogP contribution is 2.25. The highest BCUT2D eigenvalue weighted by molar-refractivity contribution is 5.96. The number of carboxylic acid groups (broad SMARTS) is 1. The van der Waals surface area contributed by atoms with E-state index in [4.69, 9.17) is 0 Å². The van der Waals surface area contributed by atoms with Crippen LogP contribution in [0.25, 0.3) is 0 Å². The van der Waals surface area contributed by atoms with Gasteiger partial charge in [0, 0.05) is 12.1 Å². The van der Waals surface area contributed by atoms with Crippen LogP contribution in [0.5, 0.6) is 0 Å². The average molecular weight is 324 g/mol. The van der Waals surface area contributed by atoms with Crippen molar-refractivity contribution in [3.05, 3.63) is 41.2 Å². The van der Waals surface area contributed by atoms with Gasteiger partial charge in [-0.15, -0.1) is 0 Å². The fourth-order valence-corrected chi connectivity index (χ4v) is 2.80. The van der Waals surface area contributed by atoms with Gasteiger partial charge in [-0.25, -0.2) is 9.78 Å². The number of H-pyrrole nitrogens is 1. The smallest absolute Gasteiger partial charge is 0.326 e. The van der Waals surface area contributed by atoms with Crippen molar-refractivity contribution in [1.29, 1.82) is 0 Å². The van der Waals surface area contributed by atoms with Gasteiger partial charge in [0.15, 0.2) is 0 Å². The van der Waals surface area contributed by atoms with Crippen molar-refractivity contribution in [2.24, 2.45) is 0 Å². The highest BCUT2D eigenvalue weighted by atomic mass is 19.3. The number of imidazole rings is 1. The Morgan fingerprint density at radius 1 is 1.43 bits per heavy atom. The zero-order valence-corrected chi connectivity index (χ0v) is 12.2. The molecule has 0 fully saturated rings. The van der Waals surface area contributed by atoms with Crippen LogP contribution in [0.4, 0.5) is 8.78 Å². The average Bonchev–Trinajstić information content (AvgIpc) is 3.10. The lowest BCUT2D eigenvalue weighted by molar-refractivity contribution is -0.142. The Labute approximate surface area is 129 Å². The Morgan fingerprint density at radius 3 is 2.83 bits per heavy atom. The molecule has 0 saturated heterocycles. The summed E-state index contributed by atoms with van der Waals surface area (Å²) in [6.07, 6.45) is 1.46. The van der Waals surface area contributed by atoms with Gasteiger partial charge in [-0.3, -0.25) is 9.36 Å². The third-order valence-electron chi connectivity index (χ3n) is 3.98. The fraction of sp³-hybridized carbons (Fsp3) is 0.357. The number of rotatable bonds is 3. The van der Waals surface area contributed by atoms with Gasteiger partial charge in [0.25, 0.3) is 5.91 Å². The number of nitrogens with one attached hydrogen (secondary N) is 1. The maximum atomic E-state index is 13.2. The standard InChI is InChI=1S/C14H14F2N4O3/c1-7-2-3-10(20(7)14(15)16)12(21)19-5-9-8(17-6-18-9)4-11(19)13(22)23/h2-3,6,11,14H,4-5H2,1H3,(H,17,18)(H,22,23)/t11-/m0/s1. The predicted molar refractivity (Wildman–Crippen MR) is 74.0 cm³/mol. The number of hydrogen-bond donors (Lipinski definition) is 2. The van der Waals surface area contributed by atoms with Gasteiger partial charge in [-0.2, -0.15) is 8.78 Å². The van der Waals surface area contributed by atoms with Gasteiger partial charge in [0.2, 0.25) is 0 Å². The maximum absolute atomic E-state index is 13.2. The fourth-order valence-electron chi connectivity index (χ4n) is 2.80. The molecular weight excluding hydrogens is 310 g/mol. The normalized spacial score (nSPS) is 17.4. The molecule has 1 aliphatic rings. The van der Waals surface area contributed by atoms with E-state index < -0.39 is 24.5 Å². The summed E-state index contributed by atoms with van der Waals surface area (Å²) in [7, 11) is 0. The molecule has 0 aromatic carbocycles. The second-order valence-electron chi connectivity index (χ2n) is 5.33. The van der Waals surface area contributed by atoms with Crippen LogP contribution in [0.15, 0.2) is 18.5 Å². The molecule has 0 bridgehead atoms. The first-order chi connectivity index (χ1) is 10.9. The van der Waals surface area contributed by atoms with Crippen molar-refractivity contribution < 1.29 is 23.5 Å². The molecule has 1 atom stereocenters. The number of nitrogens with zero attached hydrogens (tertiary/aromatic N) is 3. The van der Waals surface area contributed by atoms with E-state index in [2.05, 4.69) is 9.97 Å². The van der Waals surface area contributed by atoms with Crippen LogP contribution >= 0.6 is 0 Å². The largest absolute Gasteiger partial charge is 0.480 e. The van der Waals surface area contributed by atoms with Crippen molar-refractivity contribution in [3.63, 3.8) is 0 Å². The number of amides is 1. The van der Waals surface area contributed by atoms with Crippen molar-refractivity contribution in [2.75, 3.05) is 0 Å². The number of aliphatic carboxylic acids is 1. The van der Waals surface area contributed by atoms with E-state index in [-0.39, 0.29) is 24.4 Å². The molecule has 3 heterocycles. The topological polar surface area (TPSA) is 91.2 Å². The predicted octanol–water partition coefficient (Wildman–Crippen LogP) is 1.57. The lowest BCUT2D eigenvalue weighted by Crippen LogP contribution is -2.49. The molecule has 0 unspecified atom stereocenters. The Balaban J connectivity index is 1.99. The van der Waals surface area contributed by atoms with Crippen LogP contribution in [-0.2, 0) is 17.8 Å². The molecular formula is C14H14F2N4O3. The Hall–Kier alpha value is -2.71. The zero-order valence-electron chi connectivity index (χ0n) is 12.2. The Bertz CT molecular complexity index is 768. The summed E-state index contributed by atoms with van der Waals surface area (Å²) < 4.78 is 26.9. The van der Waals surface area contributed by atoms with Crippen LogP contribution in [0.1, 0.15) is 34.1 Å². The molecule has 0 aliphatic carbocycles. The molecule has 122 valence electrons. The number of carbonyl (C=O) groups excluding carboxylic acids is 1. The van der Waals surface area contributed by atoms with Gasteiger partial charge in [-0.05, 0) is 19.1 Å². The second-order valence-corrected chi connectivity index (χ2v) is 5.33. The highest BCUT2D eigenvalue weighted by Gasteiger charge is 2.37. The van der Waals surface area contributed by atoms with Crippen LogP contribution in [-0.4, -0.2) is 42.5 Å². The van der Waals surface area contributed by atoms with Gasteiger partial charge in [0.05, 0.1) is 24.3 Å². The first-order valence-corrected chi connectivity index (χ1v) is 6.91. The molecule has 2 N–H and O–H groups in total. The first-order valence-electron chi connectivity index (χ1n) is 6.91. The monoisotopic (exact) mass is 324 g/mol. The lowest BCUT2D eigenvalue weighted by atomic mass is 10.0. The van der Waals surface area contributed by atoms with Crippen LogP contribution in [0, 0.1) is 6.92 Å². The Kier molecular flexibility index (Phi) is 3.63. The molecule has 2 aromatic heterocycles. The summed E-state index contributed by atoms with van der Waals surface area (Å²) in [4.78, 5) is 32.1. The first kappa shape index (κ1) is 15.2. The van der Waals surface area contributed by atoms with Crippen molar-refractivity contribution in [1.82, 2.24) is 19.4 Å². The molecule has 2 aromatic rings. The number of carbonyl (C=O) groups is 2. The van der Waals surface area contributed by atoms with E-state index in [1.807, 2.05) is 0 Å². The number of fused-ring (bicyclic) bond motifs is 1. The van der Waals surface area contributed by atoms with E-state index >= 15 is 0 Å². The third-order valence-corrected chi connectivity index (χ3v) is 3.98. The summed E-state index contributed by atoms with van der Waals surface area (Å²) in [5.41, 5.74) is 1.19. The lowest BCUT2D eigenvalue weighted by Gasteiger charge is -2.32. The van der Waals surface area contributed by atoms with E-state index in [1.54, 1.807) is 0 Å². The Morgan fingerprint density at radius 2 is 2.17 bits per heavy atom. The molecule has 1 amide bonds. The van der Waals surface area contributed by atoms with Crippen LogP contribution in [0.2, 0.25) is 0 Å². The second kappa shape index (κ2) is 5.49. The SMILES string of the molecule is Cc1ccc(C(=O)N2Cc3[nH]cnc3C[C@H]2C(=O)O)n1C(F)F. The molecule has 1 aliphatic heterocycles. The molecule has 3 rings (SSSR count). The number of alkyl halides is 2. The number of carboxylic acids is 1. The van der Waals surface area contributed by atoms with E-state index in [0.717, 1.165) is 4.90 Å². The quantitative estimate of drug-likeness (QED) is 0.896.